The van der Waals surface area contributed by atoms with Crippen LogP contribution in [-0.2, 0) is 20.5 Å². The van der Waals surface area contributed by atoms with Gasteiger partial charge < -0.3 is 10.6 Å². The largest absolute Gasteiger partial charge is 0.325 e. The molecule has 2 N–H and O–H groups in total. The Morgan fingerprint density at radius 3 is 2.71 bits per heavy atom. The third-order valence-corrected chi connectivity index (χ3v) is 4.94. The number of anilines is 2. The lowest BCUT2D eigenvalue weighted by Gasteiger charge is -2.33. The molecule has 2 aliphatic heterocycles. The van der Waals surface area contributed by atoms with E-state index in [0.29, 0.717) is 27.7 Å². The molecule has 24 heavy (non-hydrogen) atoms. The van der Waals surface area contributed by atoms with Crippen LogP contribution in [0.5, 0.6) is 0 Å². The highest BCUT2D eigenvalue weighted by Gasteiger charge is 2.55. The number of nitrogens with one attached hydrogen (secondary N) is 2. The molecule has 124 valence electrons. The van der Waals surface area contributed by atoms with E-state index in [9.17, 15) is 9.59 Å². The SMILES string of the molecule is CC(C)(C)n1ncc2c1NC(=O)CC21C(=O)Nc2cccc(Cl)c21. The molecule has 0 bridgehead atoms. The van der Waals surface area contributed by atoms with Crippen molar-refractivity contribution < 1.29 is 9.59 Å². The molecular weight excluding hydrogens is 328 g/mol. The maximum atomic E-state index is 12.9. The molecule has 1 unspecified atom stereocenters. The lowest BCUT2D eigenvalue weighted by atomic mass is 9.71. The molecule has 4 rings (SSSR count). The normalized spacial score (nSPS) is 22.2. The van der Waals surface area contributed by atoms with Crippen LogP contribution in [0, 0.1) is 0 Å². The molecule has 2 aliphatic rings. The molecule has 2 aromatic rings. The van der Waals surface area contributed by atoms with Crippen LogP contribution >= 0.6 is 11.6 Å². The second-order valence-corrected chi connectivity index (χ2v) is 7.64. The van der Waals surface area contributed by atoms with E-state index in [1.54, 1.807) is 29.1 Å². The van der Waals surface area contributed by atoms with Crippen molar-refractivity contribution in [2.24, 2.45) is 0 Å². The maximum absolute atomic E-state index is 12.9. The van der Waals surface area contributed by atoms with Crippen molar-refractivity contribution in [2.75, 3.05) is 10.6 Å². The van der Waals surface area contributed by atoms with E-state index in [2.05, 4.69) is 15.7 Å². The average Bonchev–Trinajstić information content (AvgIpc) is 3.00. The molecule has 0 aliphatic carbocycles. The Balaban J connectivity index is 2.05. The number of carbonyl (C=O) groups excluding carboxylic acids is 2. The third-order valence-electron chi connectivity index (χ3n) is 4.62. The van der Waals surface area contributed by atoms with Gasteiger partial charge in [-0.1, -0.05) is 17.7 Å². The zero-order valence-corrected chi connectivity index (χ0v) is 14.4. The van der Waals surface area contributed by atoms with Crippen LogP contribution in [0.1, 0.15) is 38.3 Å². The molecular formula is C17H17ClN4O2. The minimum Gasteiger partial charge on any atom is -0.325 e. The summed E-state index contributed by atoms with van der Waals surface area (Å²) < 4.78 is 1.74. The highest BCUT2D eigenvalue weighted by Crippen LogP contribution is 2.52. The molecule has 1 aromatic carbocycles. The van der Waals surface area contributed by atoms with Crippen molar-refractivity contribution >= 4 is 34.9 Å². The molecule has 0 saturated heterocycles. The monoisotopic (exact) mass is 344 g/mol. The molecule has 0 radical (unpaired) electrons. The van der Waals surface area contributed by atoms with Gasteiger partial charge in [-0.25, -0.2) is 4.68 Å². The third kappa shape index (κ3) is 1.80. The Morgan fingerprint density at radius 2 is 2.00 bits per heavy atom. The lowest BCUT2D eigenvalue weighted by Crippen LogP contribution is -2.44. The summed E-state index contributed by atoms with van der Waals surface area (Å²) in [6, 6.07) is 5.32. The van der Waals surface area contributed by atoms with Crippen molar-refractivity contribution in [1.29, 1.82) is 0 Å². The molecule has 1 atom stereocenters. The first-order chi connectivity index (χ1) is 11.2. The molecule has 2 amide bonds. The molecule has 1 aromatic heterocycles. The standard InChI is InChI=1S/C17H17ClN4O2/c1-16(2,3)22-14-9(8-19-22)17(7-12(23)21-14)13-10(18)5-4-6-11(13)20-15(17)24/h4-6,8H,7H2,1-3H3,(H,20,24)(H,21,23). The van der Waals surface area contributed by atoms with Gasteiger partial charge in [-0.15, -0.1) is 0 Å². The number of hydrogen-bond donors (Lipinski definition) is 2. The molecule has 1 spiro atoms. The van der Waals surface area contributed by atoms with Gasteiger partial charge in [-0.2, -0.15) is 5.10 Å². The zero-order valence-electron chi connectivity index (χ0n) is 13.6. The van der Waals surface area contributed by atoms with E-state index in [4.69, 9.17) is 11.6 Å². The van der Waals surface area contributed by atoms with E-state index in [0.717, 1.165) is 0 Å². The fraction of sp³-hybridized carbons (Fsp3) is 0.353. The minimum absolute atomic E-state index is 0.0123. The van der Waals surface area contributed by atoms with Crippen LogP contribution in [0.15, 0.2) is 24.4 Å². The Labute approximate surface area is 144 Å². The van der Waals surface area contributed by atoms with E-state index in [1.165, 1.54) is 0 Å². The average molecular weight is 345 g/mol. The summed E-state index contributed by atoms with van der Waals surface area (Å²) in [6.45, 7) is 5.97. The lowest BCUT2D eigenvalue weighted by molar-refractivity contribution is -0.125. The smallest absolute Gasteiger partial charge is 0.240 e. The Hall–Kier alpha value is -2.34. The van der Waals surface area contributed by atoms with E-state index in [-0.39, 0.29) is 23.8 Å². The van der Waals surface area contributed by atoms with Gasteiger partial charge in [0.05, 0.1) is 11.7 Å². The summed E-state index contributed by atoms with van der Waals surface area (Å²) in [5, 5.41) is 10.6. The van der Waals surface area contributed by atoms with Crippen molar-refractivity contribution in [2.45, 2.75) is 38.1 Å². The molecule has 3 heterocycles. The van der Waals surface area contributed by atoms with Crippen molar-refractivity contribution in [3.05, 3.63) is 40.5 Å². The summed E-state index contributed by atoms with van der Waals surface area (Å²) >= 11 is 6.42. The summed E-state index contributed by atoms with van der Waals surface area (Å²) in [4.78, 5) is 25.4. The number of rotatable bonds is 0. The number of halogens is 1. The van der Waals surface area contributed by atoms with Gasteiger partial charge in [0.15, 0.2) is 0 Å². The Kier molecular flexibility index (Phi) is 2.91. The van der Waals surface area contributed by atoms with Crippen molar-refractivity contribution in [3.63, 3.8) is 0 Å². The van der Waals surface area contributed by atoms with Crippen LogP contribution in [0.25, 0.3) is 0 Å². The topological polar surface area (TPSA) is 76.0 Å². The summed E-state index contributed by atoms with van der Waals surface area (Å²) in [5.41, 5.74) is 0.520. The molecule has 0 saturated carbocycles. The summed E-state index contributed by atoms with van der Waals surface area (Å²) in [6.07, 6.45) is 1.68. The van der Waals surface area contributed by atoms with Crippen LogP contribution < -0.4 is 10.6 Å². The second kappa shape index (κ2) is 4.60. The Morgan fingerprint density at radius 1 is 1.25 bits per heavy atom. The minimum atomic E-state index is -1.13. The summed E-state index contributed by atoms with van der Waals surface area (Å²) in [5.74, 6) is 0.0910. The highest BCUT2D eigenvalue weighted by atomic mass is 35.5. The van der Waals surface area contributed by atoms with Crippen LogP contribution in [0.2, 0.25) is 5.02 Å². The number of benzene rings is 1. The Bertz CT molecular complexity index is 896. The highest BCUT2D eigenvalue weighted by molar-refractivity contribution is 6.33. The van der Waals surface area contributed by atoms with Gasteiger partial charge in [0.1, 0.15) is 11.2 Å². The maximum Gasteiger partial charge on any atom is 0.240 e. The van der Waals surface area contributed by atoms with Gasteiger partial charge in [-0.3, -0.25) is 9.59 Å². The van der Waals surface area contributed by atoms with E-state index in [1.807, 2.05) is 20.8 Å². The fourth-order valence-corrected chi connectivity index (χ4v) is 3.97. The van der Waals surface area contributed by atoms with Crippen LogP contribution in [0.4, 0.5) is 11.5 Å². The first-order valence-corrected chi connectivity index (χ1v) is 8.12. The van der Waals surface area contributed by atoms with Gasteiger partial charge in [0.25, 0.3) is 0 Å². The van der Waals surface area contributed by atoms with Gasteiger partial charge in [0.2, 0.25) is 11.8 Å². The van der Waals surface area contributed by atoms with E-state index < -0.39 is 5.41 Å². The number of hydrogen-bond acceptors (Lipinski definition) is 3. The van der Waals surface area contributed by atoms with Crippen molar-refractivity contribution in [1.82, 2.24) is 9.78 Å². The molecule has 0 fully saturated rings. The van der Waals surface area contributed by atoms with Crippen molar-refractivity contribution in [3.8, 4) is 0 Å². The molecule has 7 heteroatoms. The van der Waals surface area contributed by atoms with Gasteiger partial charge in [0, 0.05) is 28.3 Å². The van der Waals surface area contributed by atoms with Gasteiger partial charge >= 0.3 is 0 Å². The van der Waals surface area contributed by atoms with Crippen LogP contribution in [-0.4, -0.2) is 21.6 Å². The van der Waals surface area contributed by atoms with E-state index >= 15 is 0 Å². The number of carbonyl (C=O) groups is 2. The first-order valence-electron chi connectivity index (χ1n) is 7.74. The van der Waals surface area contributed by atoms with Crippen LogP contribution in [0.3, 0.4) is 0 Å². The number of aromatic nitrogens is 2. The zero-order chi connectivity index (χ0) is 17.3. The first kappa shape index (κ1) is 15.2. The number of fused-ring (bicyclic) bond motifs is 4. The quantitative estimate of drug-likeness (QED) is 0.771. The predicted octanol–water partition coefficient (Wildman–Crippen LogP) is 2.87. The van der Waals surface area contributed by atoms with Gasteiger partial charge in [-0.05, 0) is 32.9 Å². The number of nitrogens with zero attached hydrogens (tertiary/aromatic N) is 2. The fourth-order valence-electron chi connectivity index (χ4n) is 3.63. The second-order valence-electron chi connectivity index (χ2n) is 7.24. The molecule has 6 nitrogen and oxygen atoms in total. The predicted molar refractivity (Wildman–Crippen MR) is 91.3 cm³/mol. The summed E-state index contributed by atoms with van der Waals surface area (Å²) in [7, 11) is 0. The number of amides is 2.